The summed E-state index contributed by atoms with van der Waals surface area (Å²) in [7, 11) is 0. The average Bonchev–Trinajstić information content (AvgIpc) is 2.39. The summed E-state index contributed by atoms with van der Waals surface area (Å²) in [6.07, 6.45) is 0.283. The molecule has 0 aliphatic carbocycles. The number of aliphatic hydroxyl groups excluding tert-OH is 1. The molecule has 18 heavy (non-hydrogen) atoms. The first-order valence-electron chi connectivity index (χ1n) is 5.70. The Bertz CT molecular complexity index is 409. The van der Waals surface area contributed by atoms with Gasteiger partial charge in [-0.25, -0.2) is 0 Å². The van der Waals surface area contributed by atoms with Gasteiger partial charge in [0, 0.05) is 6.54 Å². The van der Waals surface area contributed by atoms with Crippen LogP contribution < -0.4 is 5.32 Å². The van der Waals surface area contributed by atoms with Gasteiger partial charge in [0.1, 0.15) is 0 Å². The fourth-order valence-electron chi connectivity index (χ4n) is 1.37. The fourth-order valence-corrected chi connectivity index (χ4v) is 1.37. The number of rotatable bonds is 7. The van der Waals surface area contributed by atoms with E-state index in [0.29, 0.717) is 18.7 Å². The van der Waals surface area contributed by atoms with Crippen molar-refractivity contribution in [2.24, 2.45) is 0 Å². The molecule has 1 aromatic carbocycles. The SMILES string of the molecule is N#Cc1ccc(CC(=O)NCCOCCO)cc1. The predicted molar refractivity (Wildman–Crippen MR) is 65.8 cm³/mol. The number of aliphatic hydroxyl groups is 1. The van der Waals surface area contributed by atoms with E-state index in [1.165, 1.54) is 0 Å². The van der Waals surface area contributed by atoms with Crippen LogP contribution in [0.25, 0.3) is 0 Å². The minimum absolute atomic E-state index is 0.0147. The lowest BCUT2D eigenvalue weighted by Gasteiger charge is -2.05. The van der Waals surface area contributed by atoms with Gasteiger partial charge in [-0.15, -0.1) is 0 Å². The molecule has 0 fully saturated rings. The molecule has 96 valence electrons. The van der Waals surface area contributed by atoms with Gasteiger partial charge in [-0.1, -0.05) is 12.1 Å². The zero-order valence-corrected chi connectivity index (χ0v) is 10.1. The number of nitriles is 1. The Hall–Kier alpha value is -1.90. The molecule has 0 saturated carbocycles. The average molecular weight is 248 g/mol. The van der Waals surface area contributed by atoms with E-state index in [4.69, 9.17) is 15.1 Å². The second-order valence-electron chi connectivity index (χ2n) is 3.67. The summed E-state index contributed by atoms with van der Waals surface area (Å²) >= 11 is 0. The molecule has 0 radical (unpaired) electrons. The molecule has 1 aromatic rings. The Labute approximate surface area is 106 Å². The van der Waals surface area contributed by atoms with Crippen LogP contribution >= 0.6 is 0 Å². The standard InChI is InChI=1S/C13H16N2O3/c14-10-12-3-1-11(2-4-12)9-13(17)15-5-7-18-8-6-16/h1-4,16H,5-9H2,(H,15,17). The molecule has 0 aliphatic rings. The topological polar surface area (TPSA) is 82.4 Å². The Morgan fingerprint density at radius 3 is 2.67 bits per heavy atom. The molecule has 0 aliphatic heterocycles. The molecule has 0 aromatic heterocycles. The van der Waals surface area contributed by atoms with Crippen molar-refractivity contribution in [3.8, 4) is 6.07 Å². The van der Waals surface area contributed by atoms with Crippen molar-refractivity contribution in [3.63, 3.8) is 0 Å². The Kier molecular flexibility index (Phi) is 6.47. The molecule has 1 rings (SSSR count). The van der Waals surface area contributed by atoms with Gasteiger partial charge in [-0.3, -0.25) is 4.79 Å². The van der Waals surface area contributed by atoms with Crippen molar-refractivity contribution in [2.75, 3.05) is 26.4 Å². The maximum absolute atomic E-state index is 11.5. The third-order valence-electron chi connectivity index (χ3n) is 2.25. The molecule has 5 heteroatoms. The molecule has 0 spiro atoms. The van der Waals surface area contributed by atoms with Gasteiger partial charge < -0.3 is 15.2 Å². The van der Waals surface area contributed by atoms with E-state index in [-0.39, 0.29) is 25.5 Å². The highest BCUT2D eigenvalue weighted by Crippen LogP contribution is 2.03. The zero-order valence-electron chi connectivity index (χ0n) is 10.1. The Morgan fingerprint density at radius 1 is 1.33 bits per heavy atom. The summed E-state index contributed by atoms with van der Waals surface area (Å²) in [6, 6.07) is 8.93. The molecule has 0 heterocycles. The highest BCUT2D eigenvalue weighted by molar-refractivity contribution is 5.78. The third-order valence-corrected chi connectivity index (χ3v) is 2.25. The summed E-state index contributed by atoms with van der Waals surface area (Å²) in [5, 5.41) is 19.8. The van der Waals surface area contributed by atoms with Crippen LogP contribution in [-0.4, -0.2) is 37.4 Å². The van der Waals surface area contributed by atoms with Crippen molar-refractivity contribution in [2.45, 2.75) is 6.42 Å². The lowest BCUT2D eigenvalue weighted by atomic mass is 10.1. The molecule has 5 nitrogen and oxygen atoms in total. The Balaban J connectivity index is 2.25. The van der Waals surface area contributed by atoms with E-state index >= 15 is 0 Å². The first-order chi connectivity index (χ1) is 8.76. The summed E-state index contributed by atoms with van der Waals surface area (Å²) in [6.45, 7) is 1.08. The van der Waals surface area contributed by atoms with Crippen molar-refractivity contribution in [3.05, 3.63) is 35.4 Å². The lowest BCUT2D eigenvalue weighted by Crippen LogP contribution is -2.28. The molecule has 0 atom stereocenters. The number of nitrogens with zero attached hydrogens (tertiary/aromatic N) is 1. The van der Waals surface area contributed by atoms with Gasteiger partial charge >= 0.3 is 0 Å². The summed E-state index contributed by atoms with van der Waals surface area (Å²) in [5.41, 5.74) is 1.44. The van der Waals surface area contributed by atoms with E-state index in [9.17, 15) is 4.79 Å². The molecule has 0 bridgehead atoms. The van der Waals surface area contributed by atoms with Gasteiger partial charge in [-0.05, 0) is 17.7 Å². The van der Waals surface area contributed by atoms with Crippen LogP contribution in [0.3, 0.4) is 0 Å². The number of ether oxygens (including phenoxy) is 1. The zero-order chi connectivity index (χ0) is 13.2. The Morgan fingerprint density at radius 2 is 2.06 bits per heavy atom. The second kappa shape index (κ2) is 8.23. The number of carbonyl (C=O) groups is 1. The monoisotopic (exact) mass is 248 g/mol. The van der Waals surface area contributed by atoms with Crippen LogP contribution in [0.5, 0.6) is 0 Å². The van der Waals surface area contributed by atoms with Gasteiger partial charge in [-0.2, -0.15) is 5.26 Å². The highest BCUT2D eigenvalue weighted by Gasteiger charge is 2.02. The van der Waals surface area contributed by atoms with Crippen molar-refractivity contribution < 1.29 is 14.6 Å². The van der Waals surface area contributed by atoms with Gasteiger partial charge in [0.2, 0.25) is 5.91 Å². The minimum Gasteiger partial charge on any atom is -0.394 e. The van der Waals surface area contributed by atoms with Crippen molar-refractivity contribution in [1.29, 1.82) is 5.26 Å². The van der Waals surface area contributed by atoms with Crippen LogP contribution in [0, 0.1) is 11.3 Å². The molecule has 0 unspecified atom stereocenters. The van der Waals surface area contributed by atoms with Gasteiger partial charge in [0.15, 0.2) is 0 Å². The van der Waals surface area contributed by atoms with Crippen LogP contribution in [-0.2, 0) is 16.0 Å². The van der Waals surface area contributed by atoms with E-state index in [2.05, 4.69) is 5.32 Å². The number of amides is 1. The smallest absolute Gasteiger partial charge is 0.224 e. The molecular weight excluding hydrogens is 232 g/mol. The van der Waals surface area contributed by atoms with Gasteiger partial charge in [0.05, 0.1) is 37.9 Å². The fraction of sp³-hybridized carbons (Fsp3) is 0.385. The van der Waals surface area contributed by atoms with Crippen molar-refractivity contribution >= 4 is 5.91 Å². The highest BCUT2D eigenvalue weighted by atomic mass is 16.5. The second-order valence-corrected chi connectivity index (χ2v) is 3.67. The van der Waals surface area contributed by atoms with Crippen LogP contribution in [0.2, 0.25) is 0 Å². The van der Waals surface area contributed by atoms with Crippen molar-refractivity contribution in [1.82, 2.24) is 5.32 Å². The van der Waals surface area contributed by atoms with Crippen LogP contribution in [0.15, 0.2) is 24.3 Å². The number of carbonyl (C=O) groups excluding carboxylic acids is 1. The first kappa shape index (κ1) is 14.2. The normalized spacial score (nSPS) is 9.78. The first-order valence-corrected chi connectivity index (χ1v) is 5.70. The summed E-state index contributed by atoms with van der Waals surface area (Å²) in [4.78, 5) is 11.5. The summed E-state index contributed by atoms with van der Waals surface area (Å²) in [5.74, 6) is -0.0905. The quantitative estimate of drug-likeness (QED) is 0.676. The molecule has 2 N–H and O–H groups in total. The van der Waals surface area contributed by atoms with E-state index in [1.54, 1.807) is 24.3 Å². The van der Waals surface area contributed by atoms with Crippen LogP contribution in [0.4, 0.5) is 0 Å². The third kappa shape index (κ3) is 5.43. The van der Waals surface area contributed by atoms with Gasteiger partial charge in [0.25, 0.3) is 0 Å². The molecular formula is C13H16N2O3. The largest absolute Gasteiger partial charge is 0.394 e. The van der Waals surface area contributed by atoms with E-state index in [0.717, 1.165) is 5.56 Å². The molecule has 1 amide bonds. The number of hydrogen-bond acceptors (Lipinski definition) is 4. The number of benzene rings is 1. The van der Waals surface area contributed by atoms with E-state index in [1.807, 2.05) is 6.07 Å². The predicted octanol–water partition coefficient (Wildman–Crippen LogP) is 0.226. The maximum atomic E-state index is 11.5. The number of nitrogens with one attached hydrogen (secondary N) is 1. The number of hydrogen-bond donors (Lipinski definition) is 2. The van der Waals surface area contributed by atoms with Crippen LogP contribution in [0.1, 0.15) is 11.1 Å². The summed E-state index contributed by atoms with van der Waals surface area (Å²) < 4.78 is 5.01. The molecule has 0 saturated heterocycles. The lowest BCUT2D eigenvalue weighted by molar-refractivity contribution is -0.120. The maximum Gasteiger partial charge on any atom is 0.224 e. The van der Waals surface area contributed by atoms with E-state index < -0.39 is 0 Å². The minimum atomic E-state index is -0.0905.